The van der Waals surface area contributed by atoms with Crippen molar-refractivity contribution in [3.8, 4) is 17.2 Å². The third-order valence-corrected chi connectivity index (χ3v) is 4.30. The monoisotopic (exact) mass is 399 g/mol. The molecule has 29 heavy (non-hydrogen) atoms. The molecule has 152 valence electrons. The van der Waals surface area contributed by atoms with Gasteiger partial charge in [-0.05, 0) is 54.4 Å². The van der Waals surface area contributed by atoms with E-state index < -0.39 is 6.29 Å². The summed E-state index contributed by atoms with van der Waals surface area (Å²) >= 11 is 0. The van der Waals surface area contributed by atoms with E-state index >= 15 is 0 Å². The van der Waals surface area contributed by atoms with Crippen molar-refractivity contribution < 1.29 is 23.7 Å². The summed E-state index contributed by atoms with van der Waals surface area (Å²) in [5.74, 6) is 0.718. The van der Waals surface area contributed by atoms with Gasteiger partial charge >= 0.3 is 0 Å². The van der Waals surface area contributed by atoms with Crippen LogP contribution in [-0.2, 0) is 11.3 Å². The zero-order valence-corrected chi connectivity index (χ0v) is 16.2. The summed E-state index contributed by atoms with van der Waals surface area (Å²) in [5.41, 5.74) is 2.05. The van der Waals surface area contributed by atoms with Crippen LogP contribution in [0.5, 0.6) is 11.5 Å². The second-order valence-corrected chi connectivity index (χ2v) is 6.44. The minimum absolute atomic E-state index is 0.0106. The normalized spacial score (nSPS) is 11.9. The number of rotatable bonds is 8. The highest BCUT2D eigenvalue weighted by Crippen LogP contribution is 2.21. The summed E-state index contributed by atoms with van der Waals surface area (Å²) in [6, 6.07) is 14.4. The predicted octanol–water partition coefficient (Wildman–Crippen LogP) is 3.21. The molecule has 1 heterocycles. The molecule has 0 bridgehead atoms. The summed E-state index contributed by atoms with van der Waals surface area (Å²) in [6.45, 7) is 2.10. The molecule has 7 heteroatoms. The van der Waals surface area contributed by atoms with Gasteiger partial charge in [0.15, 0.2) is 6.29 Å². The van der Waals surface area contributed by atoms with Gasteiger partial charge in [0.05, 0.1) is 0 Å². The molecular formula is C22H22FNO5. The van der Waals surface area contributed by atoms with Gasteiger partial charge in [-0.2, -0.15) is 0 Å². The Morgan fingerprint density at radius 3 is 2.48 bits per heavy atom. The maximum absolute atomic E-state index is 12.9. The van der Waals surface area contributed by atoms with Crippen molar-refractivity contribution in [2.24, 2.45) is 0 Å². The highest BCUT2D eigenvalue weighted by atomic mass is 19.1. The second kappa shape index (κ2) is 9.36. The van der Waals surface area contributed by atoms with Gasteiger partial charge in [-0.15, -0.1) is 0 Å². The predicted molar refractivity (Wildman–Crippen MR) is 106 cm³/mol. The quantitative estimate of drug-likeness (QED) is 0.589. The zero-order valence-electron chi connectivity index (χ0n) is 16.2. The van der Waals surface area contributed by atoms with Crippen LogP contribution in [-0.4, -0.2) is 29.7 Å². The van der Waals surface area contributed by atoms with Crippen LogP contribution >= 0.6 is 0 Å². The SMILES string of the molecule is COC(O)COc1ccc(-n2ccc(OCc3ccc(F)cc3)cc2=O)cc1C. The van der Waals surface area contributed by atoms with E-state index in [0.29, 0.717) is 17.2 Å². The van der Waals surface area contributed by atoms with Crippen LogP contribution in [0.1, 0.15) is 11.1 Å². The van der Waals surface area contributed by atoms with Crippen molar-refractivity contribution in [1.82, 2.24) is 4.57 Å². The van der Waals surface area contributed by atoms with Crippen LogP contribution in [0.2, 0.25) is 0 Å². The standard InChI is InChI=1S/C22H22FNO5/c1-15-11-18(7-8-20(15)29-14-22(26)27-2)24-10-9-19(12-21(24)25)28-13-16-3-5-17(23)6-4-16/h3-12,22,26H,13-14H2,1-2H3. The first-order valence-corrected chi connectivity index (χ1v) is 9.01. The fourth-order valence-corrected chi connectivity index (χ4v) is 2.69. The molecule has 3 rings (SSSR count). The summed E-state index contributed by atoms with van der Waals surface area (Å²) in [6.07, 6.45) is 0.630. The molecular weight excluding hydrogens is 377 g/mol. The molecule has 0 saturated heterocycles. The van der Waals surface area contributed by atoms with Gasteiger partial charge in [-0.1, -0.05) is 12.1 Å². The lowest BCUT2D eigenvalue weighted by Gasteiger charge is -2.14. The molecule has 1 aromatic heterocycles. The minimum Gasteiger partial charge on any atom is -0.489 e. The van der Waals surface area contributed by atoms with Gasteiger partial charge in [-0.3, -0.25) is 9.36 Å². The largest absolute Gasteiger partial charge is 0.489 e. The number of ether oxygens (including phenoxy) is 3. The van der Waals surface area contributed by atoms with Crippen LogP contribution in [0.4, 0.5) is 4.39 Å². The first-order chi connectivity index (χ1) is 14.0. The average Bonchev–Trinajstić information content (AvgIpc) is 2.72. The van der Waals surface area contributed by atoms with Crippen LogP contribution in [0.15, 0.2) is 65.6 Å². The molecule has 0 aliphatic carbocycles. The molecule has 6 nitrogen and oxygen atoms in total. The number of halogens is 1. The molecule has 2 aromatic carbocycles. The Kier molecular flexibility index (Phi) is 6.64. The van der Waals surface area contributed by atoms with Crippen LogP contribution in [0.3, 0.4) is 0 Å². The lowest BCUT2D eigenvalue weighted by Crippen LogP contribution is -2.19. The Hall–Kier alpha value is -3.16. The lowest BCUT2D eigenvalue weighted by molar-refractivity contribution is -0.0968. The van der Waals surface area contributed by atoms with E-state index in [0.717, 1.165) is 11.1 Å². The highest BCUT2D eigenvalue weighted by Gasteiger charge is 2.08. The molecule has 0 amide bonds. The Bertz CT molecular complexity index is 1020. The van der Waals surface area contributed by atoms with Gasteiger partial charge in [0.1, 0.15) is 30.5 Å². The summed E-state index contributed by atoms with van der Waals surface area (Å²) in [5, 5.41) is 9.41. The van der Waals surface area contributed by atoms with Crippen molar-refractivity contribution >= 4 is 0 Å². The van der Waals surface area contributed by atoms with Crippen molar-refractivity contribution in [3.63, 3.8) is 0 Å². The van der Waals surface area contributed by atoms with Crippen LogP contribution in [0.25, 0.3) is 5.69 Å². The Morgan fingerprint density at radius 1 is 1.07 bits per heavy atom. The Balaban J connectivity index is 1.70. The Morgan fingerprint density at radius 2 is 1.83 bits per heavy atom. The summed E-state index contributed by atoms with van der Waals surface area (Å²) < 4.78 is 30.3. The van der Waals surface area contributed by atoms with E-state index in [-0.39, 0.29) is 24.6 Å². The molecule has 1 atom stereocenters. The molecule has 1 N–H and O–H groups in total. The number of aliphatic hydroxyl groups excluding tert-OH is 1. The number of aromatic nitrogens is 1. The van der Waals surface area contributed by atoms with Crippen LogP contribution < -0.4 is 15.0 Å². The van der Waals surface area contributed by atoms with Gasteiger partial charge < -0.3 is 19.3 Å². The van der Waals surface area contributed by atoms with Gasteiger partial charge in [0.2, 0.25) is 0 Å². The topological polar surface area (TPSA) is 69.9 Å². The van der Waals surface area contributed by atoms with Crippen molar-refractivity contribution in [1.29, 1.82) is 0 Å². The first kappa shape index (κ1) is 20.6. The van der Waals surface area contributed by atoms with E-state index in [4.69, 9.17) is 14.2 Å². The van der Waals surface area contributed by atoms with Crippen LogP contribution in [0, 0.1) is 12.7 Å². The molecule has 3 aromatic rings. The smallest absolute Gasteiger partial charge is 0.258 e. The van der Waals surface area contributed by atoms with Gasteiger partial charge in [0.25, 0.3) is 5.56 Å². The highest BCUT2D eigenvalue weighted by molar-refractivity contribution is 5.44. The molecule has 1 unspecified atom stereocenters. The van der Waals surface area contributed by atoms with E-state index in [9.17, 15) is 14.3 Å². The van der Waals surface area contributed by atoms with E-state index in [1.165, 1.54) is 29.9 Å². The third-order valence-electron chi connectivity index (χ3n) is 4.30. The number of hydrogen-bond acceptors (Lipinski definition) is 5. The summed E-state index contributed by atoms with van der Waals surface area (Å²) in [7, 11) is 1.39. The van der Waals surface area contributed by atoms with Gasteiger partial charge in [-0.25, -0.2) is 4.39 Å². The number of aliphatic hydroxyl groups is 1. The fourth-order valence-electron chi connectivity index (χ4n) is 2.69. The van der Waals surface area contributed by atoms with E-state index in [2.05, 4.69) is 0 Å². The molecule has 0 saturated carbocycles. The molecule has 0 fully saturated rings. The minimum atomic E-state index is -1.00. The summed E-state index contributed by atoms with van der Waals surface area (Å²) in [4.78, 5) is 12.5. The third kappa shape index (κ3) is 5.43. The second-order valence-electron chi connectivity index (χ2n) is 6.44. The lowest BCUT2D eigenvalue weighted by atomic mass is 10.2. The number of aryl methyl sites for hydroxylation is 1. The van der Waals surface area contributed by atoms with Crippen molar-refractivity contribution in [2.45, 2.75) is 19.8 Å². The van der Waals surface area contributed by atoms with E-state index in [1.54, 1.807) is 36.5 Å². The van der Waals surface area contributed by atoms with Crippen molar-refractivity contribution in [2.75, 3.05) is 13.7 Å². The maximum atomic E-state index is 12.9. The first-order valence-electron chi connectivity index (χ1n) is 9.01. The molecule has 0 aliphatic rings. The number of benzene rings is 2. The molecule has 0 spiro atoms. The van der Waals surface area contributed by atoms with Crippen molar-refractivity contribution in [3.05, 3.63) is 88.1 Å². The number of pyridine rings is 1. The number of nitrogens with zero attached hydrogens (tertiary/aromatic N) is 1. The average molecular weight is 399 g/mol. The fraction of sp³-hybridized carbons (Fsp3) is 0.227. The number of hydrogen-bond donors (Lipinski definition) is 1. The zero-order chi connectivity index (χ0) is 20.8. The van der Waals surface area contributed by atoms with Gasteiger partial charge in [0, 0.05) is 25.1 Å². The Labute approximate surface area is 167 Å². The number of methoxy groups -OCH3 is 1. The van der Waals surface area contributed by atoms with E-state index in [1.807, 2.05) is 13.0 Å². The molecule has 0 aliphatic heterocycles. The molecule has 0 radical (unpaired) electrons. The maximum Gasteiger partial charge on any atom is 0.258 e.